The summed E-state index contributed by atoms with van der Waals surface area (Å²) in [5.41, 5.74) is 2.14. The standard InChI is InChI=1S/C13H17N3O2/c1-2-14-13(18)15-9-12(17)16-8-7-10-5-3-4-6-11(10)16/h3-6H,2,7-9H2,1H3,(H2,14,15,18). The van der Waals surface area contributed by atoms with Gasteiger partial charge in [0.05, 0.1) is 6.54 Å². The molecule has 1 heterocycles. The van der Waals surface area contributed by atoms with E-state index >= 15 is 0 Å². The van der Waals surface area contributed by atoms with Crippen LogP contribution in [0.15, 0.2) is 24.3 Å². The van der Waals surface area contributed by atoms with E-state index in [9.17, 15) is 9.59 Å². The topological polar surface area (TPSA) is 61.4 Å². The molecular weight excluding hydrogens is 230 g/mol. The van der Waals surface area contributed by atoms with Gasteiger partial charge in [-0.1, -0.05) is 18.2 Å². The van der Waals surface area contributed by atoms with Crippen molar-refractivity contribution in [1.29, 1.82) is 0 Å². The molecule has 18 heavy (non-hydrogen) atoms. The Kier molecular flexibility index (Phi) is 3.82. The Labute approximate surface area is 106 Å². The Morgan fingerprint density at radius 2 is 2.06 bits per heavy atom. The van der Waals surface area contributed by atoms with E-state index in [4.69, 9.17) is 0 Å². The number of urea groups is 1. The molecule has 96 valence electrons. The molecule has 0 aromatic heterocycles. The van der Waals surface area contributed by atoms with Crippen LogP contribution < -0.4 is 15.5 Å². The van der Waals surface area contributed by atoms with Gasteiger partial charge in [-0.25, -0.2) is 4.79 Å². The van der Waals surface area contributed by atoms with Crippen LogP contribution in [0.2, 0.25) is 0 Å². The van der Waals surface area contributed by atoms with E-state index in [1.54, 1.807) is 4.90 Å². The first kappa shape index (κ1) is 12.4. The number of carbonyl (C=O) groups is 2. The summed E-state index contributed by atoms with van der Waals surface area (Å²) < 4.78 is 0. The van der Waals surface area contributed by atoms with E-state index < -0.39 is 0 Å². The molecule has 0 bridgehead atoms. The van der Waals surface area contributed by atoms with Crippen molar-refractivity contribution in [2.24, 2.45) is 0 Å². The first-order valence-electron chi connectivity index (χ1n) is 6.12. The molecule has 0 radical (unpaired) electrons. The molecule has 0 aliphatic carbocycles. The zero-order valence-electron chi connectivity index (χ0n) is 10.4. The van der Waals surface area contributed by atoms with Gasteiger partial charge in [-0.05, 0) is 25.0 Å². The number of hydrogen-bond donors (Lipinski definition) is 2. The largest absolute Gasteiger partial charge is 0.338 e. The summed E-state index contributed by atoms with van der Waals surface area (Å²) in [6, 6.07) is 7.55. The fraction of sp³-hybridized carbons (Fsp3) is 0.385. The molecule has 0 unspecified atom stereocenters. The van der Waals surface area contributed by atoms with Crippen molar-refractivity contribution in [2.45, 2.75) is 13.3 Å². The van der Waals surface area contributed by atoms with Gasteiger partial charge in [0.15, 0.2) is 0 Å². The minimum atomic E-state index is -0.307. The smallest absolute Gasteiger partial charge is 0.315 e. The normalized spacial score (nSPS) is 13.1. The fourth-order valence-corrected chi connectivity index (χ4v) is 2.07. The maximum absolute atomic E-state index is 12.0. The van der Waals surface area contributed by atoms with Gasteiger partial charge < -0.3 is 15.5 Å². The number of anilines is 1. The molecule has 1 aliphatic rings. The molecule has 1 aromatic rings. The first-order valence-corrected chi connectivity index (χ1v) is 6.12. The Hall–Kier alpha value is -2.04. The maximum atomic E-state index is 12.0. The minimum Gasteiger partial charge on any atom is -0.338 e. The third-order valence-electron chi connectivity index (χ3n) is 2.93. The zero-order valence-corrected chi connectivity index (χ0v) is 10.4. The van der Waals surface area contributed by atoms with E-state index in [0.717, 1.165) is 12.1 Å². The number of benzene rings is 1. The van der Waals surface area contributed by atoms with Crippen LogP contribution in [-0.4, -0.2) is 31.6 Å². The van der Waals surface area contributed by atoms with Crippen molar-refractivity contribution < 1.29 is 9.59 Å². The van der Waals surface area contributed by atoms with Crippen LogP contribution in [0.1, 0.15) is 12.5 Å². The number of nitrogens with zero attached hydrogens (tertiary/aromatic N) is 1. The molecule has 2 N–H and O–H groups in total. The molecule has 0 spiro atoms. The van der Waals surface area contributed by atoms with Gasteiger partial charge in [-0.15, -0.1) is 0 Å². The highest BCUT2D eigenvalue weighted by Crippen LogP contribution is 2.27. The number of carbonyl (C=O) groups excluding carboxylic acids is 2. The average Bonchev–Trinajstić information content (AvgIpc) is 2.80. The second-order valence-corrected chi connectivity index (χ2v) is 4.14. The van der Waals surface area contributed by atoms with E-state index in [1.807, 2.05) is 31.2 Å². The number of nitrogens with one attached hydrogen (secondary N) is 2. The summed E-state index contributed by atoms with van der Waals surface area (Å²) in [7, 11) is 0. The Bertz CT molecular complexity index is 459. The van der Waals surface area contributed by atoms with Crippen LogP contribution in [0, 0.1) is 0 Å². The Morgan fingerprint density at radius 3 is 2.83 bits per heavy atom. The maximum Gasteiger partial charge on any atom is 0.315 e. The summed E-state index contributed by atoms with van der Waals surface area (Å²) in [5.74, 6) is -0.0776. The van der Waals surface area contributed by atoms with Gasteiger partial charge in [-0.3, -0.25) is 4.79 Å². The minimum absolute atomic E-state index is 0.0279. The number of fused-ring (bicyclic) bond motifs is 1. The van der Waals surface area contributed by atoms with Crippen LogP contribution >= 0.6 is 0 Å². The third kappa shape index (κ3) is 2.61. The average molecular weight is 247 g/mol. The van der Waals surface area contributed by atoms with Crippen molar-refractivity contribution in [3.63, 3.8) is 0 Å². The van der Waals surface area contributed by atoms with Crippen LogP contribution in [-0.2, 0) is 11.2 Å². The van der Waals surface area contributed by atoms with Gasteiger partial charge in [0, 0.05) is 18.8 Å². The van der Waals surface area contributed by atoms with Crippen LogP contribution in [0.5, 0.6) is 0 Å². The lowest BCUT2D eigenvalue weighted by Gasteiger charge is -2.17. The summed E-state index contributed by atoms with van der Waals surface area (Å²) >= 11 is 0. The predicted octanol–water partition coefficient (Wildman–Crippen LogP) is 0.895. The molecule has 0 saturated carbocycles. The van der Waals surface area contributed by atoms with E-state index in [1.165, 1.54) is 5.56 Å². The van der Waals surface area contributed by atoms with Gasteiger partial charge in [0.2, 0.25) is 5.91 Å². The van der Waals surface area contributed by atoms with Gasteiger partial charge in [0.1, 0.15) is 0 Å². The highest BCUT2D eigenvalue weighted by Gasteiger charge is 2.23. The number of amides is 3. The van der Waals surface area contributed by atoms with Gasteiger partial charge in [0.25, 0.3) is 0 Å². The summed E-state index contributed by atoms with van der Waals surface area (Å²) in [4.78, 5) is 24.9. The molecule has 0 fully saturated rings. The molecule has 5 heteroatoms. The fourth-order valence-electron chi connectivity index (χ4n) is 2.07. The van der Waals surface area contributed by atoms with Crippen molar-refractivity contribution >= 4 is 17.6 Å². The van der Waals surface area contributed by atoms with Crippen molar-refractivity contribution in [1.82, 2.24) is 10.6 Å². The lowest BCUT2D eigenvalue weighted by molar-refractivity contribution is -0.117. The second-order valence-electron chi connectivity index (χ2n) is 4.14. The van der Waals surface area contributed by atoms with Crippen molar-refractivity contribution in [3.8, 4) is 0 Å². The monoisotopic (exact) mass is 247 g/mol. The van der Waals surface area contributed by atoms with Gasteiger partial charge in [-0.2, -0.15) is 0 Å². The summed E-state index contributed by atoms with van der Waals surface area (Å²) in [6.45, 7) is 3.10. The molecule has 1 aliphatic heterocycles. The van der Waals surface area contributed by atoms with Crippen LogP contribution in [0.3, 0.4) is 0 Å². The zero-order chi connectivity index (χ0) is 13.0. The summed E-state index contributed by atoms with van der Waals surface area (Å²) in [6.07, 6.45) is 0.878. The molecule has 2 rings (SSSR count). The van der Waals surface area contributed by atoms with Crippen LogP contribution in [0.4, 0.5) is 10.5 Å². The van der Waals surface area contributed by atoms with Crippen LogP contribution in [0.25, 0.3) is 0 Å². The molecular formula is C13H17N3O2. The number of rotatable bonds is 3. The van der Waals surface area contributed by atoms with E-state index in [0.29, 0.717) is 13.1 Å². The highest BCUT2D eigenvalue weighted by atomic mass is 16.2. The number of hydrogen-bond acceptors (Lipinski definition) is 2. The summed E-state index contributed by atoms with van der Waals surface area (Å²) in [5, 5.41) is 5.14. The molecule has 3 amide bonds. The predicted molar refractivity (Wildman–Crippen MR) is 69.6 cm³/mol. The second kappa shape index (κ2) is 5.53. The lowest BCUT2D eigenvalue weighted by Crippen LogP contribution is -2.43. The number of para-hydroxylation sites is 1. The lowest BCUT2D eigenvalue weighted by atomic mass is 10.2. The quantitative estimate of drug-likeness (QED) is 0.833. The third-order valence-corrected chi connectivity index (χ3v) is 2.93. The molecule has 0 saturated heterocycles. The van der Waals surface area contributed by atoms with Crippen molar-refractivity contribution in [2.75, 3.05) is 24.5 Å². The van der Waals surface area contributed by atoms with E-state index in [2.05, 4.69) is 10.6 Å². The van der Waals surface area contributed by atoms with Gasteiger partial charge >= 0.3 is 6.03 Å². The first-order chi connectivity index (χ1) is 8.72. The highest BCUT2D eigenvalue weighted by molar-refractivity contribution is 5.98. The Morgan fingerprint density at radius 1 is 1.28 bits per heavy atom. The van der Waals surface area contributed by atoms with E-state index in [-0.39, 0.29) is 18.5 Å². The molecule has 5 nitrogen and oxygen atoms in total. The SMILES string of the molecule is CCNC(=O)NCC(=O)N1CCc2ccccc21. The Balaban J connectivity index is 1.93. The molecule has 1 aromatic carbocycles. The van der Waals surface area contributed by atoms with Crippen molar-refractivity contribution in [3.05, 3.63) is 29.8 Å². The molecule has 0 atom stereocenters.